The molecule has 1 amide bonds. The maximum atomic E-state index is 11.8. The molecule has 3 nitrogen and oxygen atoms in total. The summed E-state index contributed by atoms with van der Waals surface area (Å²) in [7, 11) is 0. The number of anilines is 1. The second-order valence-corrected chi connectivity index (χ2v) is 3.84. The van der Waals surface area contributed by atoms with Crippen LogP contribution >= 0.6 is 0 Å². The predicted molar refractivity (Wildman–Crippen MR) is 64.0 cm³/mol. The average Bonchev–Trinajstić information content (AvgIpc) is 2.26. The van der Waals surface area contributed by atoms with Crippen LogP contribution in [0.2, 0.25) is 0 Å². The summed E-state index contributed by atoms with van der Waals surface area (Å²) in [5, 5.41) is 10.7. The Morgan fingerprint density at radius 1 is 1.38 bits per heavy atom. The monoisotopic (exact) mass is 220 g/mol. The molecule has 0 atom stereocenters. The molecule has 87 valence electrons. The third-order valence-electron chi connectivity index (χ3n) is 2.39. The van der Waals surface area contributed by atoms with E-state index in [-0.39, 0.29) is 19.1 Å². The van der Waals surface area contributed by atoms with E-state index >= 15 is 0 Å². The lowest BCUT2D eigenvalue weighted by molar-refractivity contribution is -0.118. The quantitative estimate of drug-likeness (QED) is 0.751. The summed E-state index contributed by atoms with van der Waals surface area (Å²) >= 11 is 0. The Bertz CT molecular complexity index is 350. The van der Waals surface area contributed by atoms with Gasteiger partial charge in [0.05, 0.1) is 6.54 Å². The van der Waals surface area contributed by atoms with Gasteiger partial charge in [-0.15, -0.1) is 0 Å². The van der Waals surface area contributed by atoms with Crippen LogP contribution in [-0.4, -0.2) is 19.1 Å². The first kappa shape index (κ1) is 12.7. The molecule has 1 aromatic carbocycles. The van der Waals surface area contributed by atoms with E-state index in [1.54, 1.807) is 4.90 Å². The van der Waals surface area contributed by atoms with Gasteiger partial charge in [0.1, 0.15) is 6.61 Å². The maximum Gasteiger partial charge on any atom is 0.227 e. The van der Waals surface area contributed by atoms with Gasteiger partial charge in [0, 0.05) is 12.1 Å². The topological polar surface area (TPSA) is 40.2 Å². The molecule has 0 saturated heterocycles. The molecule has 0 aromatic heterocycles. The molecule has 1 radical (unpaired) electrons. The van der Waals surface area contributed by atoms with Crippen LogP contribution in [-0.2, 0) is 9.90 Å². The smallest absolute Gasteiger partial charge is 0.227 e. The second kappa shape index (κ2) is 6.28. The molecular weight excluding hydrogens is 202 g/mol. The Balaban J connectivity index is 2.88. The summed E-state index contributed by atoms with van der Waals surface area (Å²) in [4.78, 5) is 13.4. The lowest BCUT2D eigenvalue weighted by atomic mass is 10.2. The standard InChI is InChI=1S/C13H18NO2/c1-3-5-13(16)14(8-9-15)12-7-4-6-11(2)10-12/h4,6-7,10H,3,5,8-9H2,1-2H3. The highest BCUT2D eigenvalue weighted by Crippen LogP contribution is 2.17. The zero-order valence-corrected chi connectivity index (χ0v) is 9.90. The molecule has 0 aliphatic carbocycles. The molecule has 0 fully saturated rings. The van der Waals surface area contributed by atoms with Crippen molar-refractivity contribution in [1.82, 2.24) is 0 Å². The van der Waals surface area contributed by atoms with Crippen LogP contribution in [0.15, 0.2) is 24.3 Å². The highest BCUT2D eigenvalue weighted by atomic mass is 16.3. The van der Waals surface area contributed by atoms with Gasteiger partial charge in [-0.1, -0.05) is 19.1 Å². The highest BCUT2D eigenvalue weighted by molar-refractivity contribution is 5.93. The minimum absolute atomic E-state index is 0.0314. The number of rotatable bonds is 5. The zero-order chi connectivity index (χ0) is 12.0. The molecule has 3 heteroatoms. The predicted octanol–water partition coefficient (Wildman–Crippen LogP) is 2.56. The Morgan fingerprint density at radius 2 is 2.12 bits per heavy atom. The fourth-order valence-electron chi connectivity index (χ4n) is 1.63. The van der Waals surface area contributed by atoms with E-state index in [2.05, 4.69) is 0 Å². The van der Waals surface area contributed by atoms with Gasteiger partial charge in [-0.3, -0.25) is 4.79 Å². The van der Waals surface area contributed by atoms with E-state index in [0.29, 0.717) is 6.42 Å². The minimum atomic E-state index is -0.261. The lowest BCUT2D eigenvalue weighted by Gasteiger charge is -2.21. The van der Waals surface area contributed by atoms with Crippen LogP contribution in [0, 0.1) is 6.92 Å². The fraction of sp³-hybridized carbons (Fsp3) is 0.462. The first-order chi connectivity index (χ1) is 7.69. The van der Waals surface area contributed by atoms with Gasteiger partial charge in [-0.05, 0) is 31.0 Å². The first-order valence-electron chi connectivity index (χ1n) is 5.64. The summed E-state index contributed by atoms with van der Waals surface area (Å²) in [5.41, 5.74) is 1.92. The van der Waals surface area contributed by atoms with Crippen molar-refractivity contribution >= 4 is 11.6 Å². The van der Waals surface area contributed by atoms with E-state index in [0.717, 1.165) is 17.7 Å². The van der Waals surface area contributed by atoms with E-state index in [4.69, 9.17) is 0 Å². The second-order valence-electron chi connectivity index (χ2n) is 3.84. The lowest BCUT2D eigenvalue weighted by Crippen LogP contribution is -2.33. The summed E-state index contributed by atoms with van der Waals surface area (Å²) in [6.07, 6.45) is 1.30. The number of aryl methyl sites for hydroxylation is 1. The van der Waals surface area contributed by atoms with Crippen LogP contribution in [0.4, 0.5) is 5.69 Å². The average molecular weight is 220 g/mol. The van der Waals surface area contributed by atoms with Gasteiger partial charge in [0.2, 0.25) is 5.91 Å². The molecule has 0 unspecified atom stereocenters. The van der Waals surface area contributed by atoms with Crippen molar-refractivity contribution in [2.45, 2.75) is 26.7 Å². The molecule has 0 heterocycles. The number of carbonyl (C=O) groups excluding carboxylic acids is 1. The van der Waals surface area contributed by atoms with E-state index in [1.807, 2.05) is 38.1 Å². The Morgan fingerprint density at radius 3 is 2.69 bits per heavy atom. The largest absolute Gasteiger partial charge is 0.310 e. The van der Waals surface area contributed by atoms with Crippen molar-refractivity contribution in [2.75, 3.05) is 18.1 Å². The molecule has 16 heavy (non-hydrogen) atoms. The van der Waals surface area contributed by atoms with Crippen LogP contribution in [0.3, 0.4) is 0 Å². The summed E-state index contributed by atoms with van der Waals surface area (Å²) < 4.78 is 0. The van der Waals surface area contributed by atoms with Crippen LogP contribution in [0.5, 0.6) is 0 Å². The Labute approximate surface area is 96.7 Å². The molecule has 1 rings (SSSR count). The van der Waals surface area contributed by atoms with Gasteiger partial charge in [-0.25, -0.2) is 5.11 Å². The number of carbonyl (C=O) groups is 1. The van der Waals surface area contributed by atoms with Crippen molar-refractivity contribution < 1.29 is 9.90 Å². The molecule has 0 saturated carbocycles. The molecule has 0 spiro atoms. The van der Waals surface area contributed by atoms with Crippen molar-refractivity contribution in [3.05, 3.63) is 29.8 Å². The van der Waals surface area contributed by atoms with Gasteiger partial charge < -0.3 is 4.90 Å². The van der Waals surface area contributed by atoms with Crippen molar-refractivity contribution in [2.24, 2.45) is 0 Å². The fourth-order valence-corrected chi connectivity index (χ4v) is 1.63. The van der Waals surface area contributed by atoms with Gasteiger partial charge >= 0.3 is 0 Å². The molecule has 0 aliphatic rings. The number of hydrogen-bond acceptors (Lipinski definition) is 1. The number of hydrogen-bond donors (Lipinski definition) is 0. The molecular formula is C13H18NO2. The van der Waals surface area contributed by atoms with Crippen LogP contribution in [0.1, 0.15) is 25.3 Å². The van der Waals surface area contributed by atoms with Gasteiger partial charge in [-0.2, -0.15) is 0 Å². The number of nitrogens with zero attached hydrogens (tertiary/aromatic N) is 1. The molecule has 0 bridgehead atoms. The van der Waals surface area contributed by atoms with E-state index < -0.39 is 0 Å². The third-order valence-corrected chi connectivity index (χ3v) is 2.39. The number of benzene rings is 1. The van der Waals surface area contributed by atoms with Gasteiger partial charge in [0.25, 0.3) is 0 Å². The number of amides is 1. The van der Waals surface area contributed by atoms with Crippen LogP contribution in [0.25, 0.3) is 0 Å². The summed E-state index contributed by atoms with van der Waals surface area (Å²) in [6, 6.07) is 7.68. The van der Waals surface area contributed by atoms with Gasteiger partial charge in [0.15, 0.2) is 0 Å². The van der Waals surface area contributed by atoms with Crippen molar-refractivity contribution in [1.29, 1.82) is 0 Å². The Hall–Kier alpha value is -1.35. The van der Waals surface area contributed by atoms with Crippen molar-refractivity contribution in [3.8, 4) is 0 Å². The van der Waals surface area contributed by atoms with E-state index in [9.17, 15) is 9.90 Å². The minimum Gasteiger partial charge on any atom is -0.310 e. The zero-order valence-electron chi connectivity index (χ0n) is 9.90. The normalized spacial score (nSPS) is 10.2. The molecule has 0 N–H and O–H groups in total. The first-order valence-corrected chi connectivity index (χ1v) is 5.64. The third kappa shape index (κ3) is 3.35. The van der Waals surface area contributed by atoms with Crippen LogP contribution < -0.4 is 4.90 Å². The SMILES string of the molecule is CCCC(=O)N(CC[O])c1cccc(C)c1. The highest BCUT2D eigenvalue weighted by Gasteiger charge is 2.14. The molecule has 1 aromatic rings. The Kier molecular flexibility index (Phi) is 4.99. The maximum absolute atomic E-state index is 11.8. The van der Waals surface area contributed by atoms with Crippen molar-refractivity contribution in [3.63, 3.8) is 0 Å². The summed E-state index contributed by atoms with van der Waals surface area (Å²) in [6.45, 7) is 3.93. The molecule has 0 aliphatic heterocycles. The summed E-state index contributed by atoms with van der Waals surface area (Å²) in [5.74, 6) is 0.0314. The van der Waals surface area contributed by atoms with E-state index in [1.165, 1.54) is 0 Å².